The second kappa shape index (κ2) is 6.35. The Balaban J connectivity index is 0.00000128. The minimum absolute atomic E-state index is 0. The van der Waals surface area contributed by atoms with Gasteiger partial charge in [0, 0.05) is 19.5 Å². The van der Waals surface area contributed by atoms with E-state index in [9.17, 15) is 0 Å². The van der Waals surface area contributed by atoms with Gasteiger partial charge in [-0.05, 0) is 17.9 Å². The first kappa shape index (κ1) is 13.6. The van der Waals surface area contributed by atoms with E-state index in [-0.39, 0.29) is 19.5 Å². The predicted molar refractivity (Wildman–Crippen MR) is 64.5 cm³/mol. The van der Waals surface area contributed by atoms with Gasteiger partial charge >= 0.3 is 0 Å². The molecular weight excluding hydrogens is 246 g/mol. The Morgan fingerprint density at radius 2 is 2.00 bits per heavy atom. The molecule has 0 amide bonds. The van der Waals surface area contributed by atoms with Crippen LogP contribution in [0.2, 0.25) is 0 Å². The van der Waals surface area contributed by atoms with Gasteiger partial charge in [-0.3, -0.25) is 5.57 Å². The molecule has 1 fully saturated rings. The van der Waals surface area contributed by atoms with Crippen molar-refractivity contribution in [1.29, 1.82) is 0 Å². The summed E-state index contributed by atoms with van der Waals surface area (Å²) in [5, 5.41) is 0. The van der Waals surface area contributed by atoms with Crippen LogP contribution in [0.1, 0.15) is 32.3 Å². The van der Waals surface area contributed by atoms with Crippen molar-refractivity contribution in [2.24, 2.45) is 11.8 Å². The Morgan fingerprint density at radius 1 is 1.31 bits per heavy atom. The Hall–Kier alpha value is -0.417. The van der Waals surface area contributed by atoms with Crippen LogP contribution >= 0.6 is 0 Å². The van der Waals surface area contributed by atoms with Crippen LogP contribution < -0.4 is 0 Å². The van der Waals surface area contributed by atoms with Gasteiger partial charge in [0.05, 0.1) is 0 Å². The van der Waals surface area contributed by atoms with Crippen molar-refractivity contribution in [2.75, 3.05) is 0 Å². The third-order valence-electron chi connectivity index (χ3n) is 3.17. The average Bonchev–Trinajstić information content (AvgIpc) is 2.97. The Morgan fingerprint density at radius 3 is 2.62 bits per heavy atom. The van der Waals surface area contributed by atoms with Crippen molar-refractivity contribution >= 4 is 0 Å². The molecule has 0 radical (unpaired) electrons. The molecule has 0 N–H and O–H groups in total. The van der Waals surface area contributed by atoms with E-state index in [0.29, 0.717) is 5.92 Å². The van der Waals surface area contributed by atoms with Crippen LogP contribution in [0.25, 0.3) is 0 Å². The van der Waals surface area contributed by atoms with Crippen molar-refractivity contribution in [1.82, 2.24) is 0 Å². The molecule has 0 bridgehead atoms. The van der Waals surface area contributed by atoms with E-state index in [0.717, 1.165) is 5.92 Å². The minimum atomic E-state index is 0. The van der Waals surface area contributed by atoms with Crippen LogP contribution in [0, 0.1) is 17.9 Å². The quantitative estimate of drug-likeness (QED) is 0.569. The number of hydrogen-bond donors (Lipinski definition) is 0. The summed E-state index contributed by atoms with van der Waals surface area (Å²) in [6.07, 6.45) is 7.29. The van der Waals surface area contributed by atoms with Gasteiger partial charge in [0.2, 0.25) is 0 Å². The van der Waals surface area contributed by atoms with E-state index in [1.165, 1.54) is 24.8 Å². The molecule has 2 atom stereocenters. The maximum absolute atomic E-state index is 3.59. The molecular formula is C15H19Zn-. The van der Waals surface area contributed by atoms with Crippen LogP contribution in [-0.4, -0.2) is 0 Å². The molecule has 1 saturated carbocycles. The van der Waals surface area contributed by atoms with Gasteiger partial charge in [0.1, 0.15) is 0 Å². The summed E-state index contributed by atoms with van der Waals surface area (Å²) in [7, 11) is 0. The second-order valence-electron chi connectivity index (χ2n) is 4.57. The Labute approximate surface area is 112 Å². The standard InChI is InChI=1S/C15H19.Zn/c1-3-12(2)9-14-11-15(14)10-13-7-5-4-6-8-13;/h4-8,12,15H,3,10-11H2,1-2H3;/q-1;. The van der Waals surface area contributed by atoms with Gasteiger partial charge in [-0.2, -0.15) is 5.92 Å². The molecule has 16 heavy (non-hydrogen) atoms. The van der Waals surface area contributed by atoms with E-state index in [1.807, 2.05) is 0 Å². The van der Waals surface area contributed by atoms with Gasteiger partial charge < -0.3 is 6.08 Å². The van der Waals surface area contributed by atoms with E-state index < -0.39 is 0 Å². The summed E-state index contributed by atoms with van der Waals surface area (Å²) in [6.45, 7) is 4.48. The van der Waals surface area contributed by atoms with Crippen molar-refractivity contribution in [3.05, 3.63) is 47.5 Å². The normalized spacial score (nSPS) is 22.6. The van der Waals surface area contributed by atoms with E-state index in [1.54, 1.807) is 5.57 Å². The van der Waals surface area contributed by atoms with Crippen molar-refractivity contribution in [2.45, 2.75) is 33.1 Å². The average molecular weight is 265 g/mol. The van der Waals surface area contributed by atoms with Crippen LogP contribution in [-0.2, 0) is 25.9 Å². The van der Waals surface area contributed by atoms with Crippen molar-refractivity contribution in [3.63, 3.8) is 0 Å². The first-order chi connectivity index (χ1) is 7.29. The molecule has 82 valence electrons. The molecule has 0 saturated heterocycles. The largest absolute Gasteiger partial charge is 0.494 e. The van der Waals surface area contributed by atoms with E-state index in [4.69, 9.17) is 0 Å². The third kappa shape index (κ3) is 3.87. The van der Waals surface area contributed by atoms with E-state index >= 15 is 0 Å². The second-order valence-corrected chi connectivity index (χ2v) is 4.57. The molecule has 1 aromatic rings. The Kier molecular flexibility index (Phi) is 5.42. The topological polar surface area (TPSA) is 0 Å². The molecule has 0 aromatic heterocycles. The molecule has 0 spiro atoms. The summed E-state index contributed by atoms with van der Waals surface area (Å²) in [5.41, 5.74) is 3.02. The summed E-state index contributed by atoms with van der Waals surface area (Å²) in [5.74, 6) is 1.43. The van der Waals surface area contributed by atoms with Crippen LogP contribution in [0.15, 0.2) is 35.9 Å². The molecule has 0 heterocycles. The zero-order valence-electron chi connectivity index (χ0n) is 10.4. The first-order valence-electron chi connectivity index (χ1n) is 5.95. The molecule has 1 aliphatic carbocycles. The van der Waals surface area contributed by atoms with Gasteiger partial charge in [-0.1, -0.05) is 57.0 Å². The monoisotopic (exact) mass is 263 g/mol. The maximum atomic E-state index is 3.59. The first-order valence-corrected chi connectivity index (χ1v) is 5.95. The molecule has 0 nitrogen and oxygen atoms in total. The van der Waals surface area contributed by atoms with Crippen LogP contribution in [0.3, 0.4) is 0 Å². The summed E-state index contributed by atoms with van der Waals surface area (Å²) < 4.78 is 0. The molecule has 2 rings (SSSR count). The van der Waals surface area contributed by atoms with Crippen molar-refractivity contribution in [3.8, 4) is 0 Å². The smallest absolute Gasteiger partial charge is 0 e. The number of benzene rings is 1. The number of hydrogen-bond acceptors (Lipinski definition) is 0. The molecule has 1 aliphatic rings. The van der Waals surface area contributed by atoms with Gasteiger partial charge in [0.25, 0.3) is 0 Å². The number of allylic oxidation sites excluding steroid dienone is 2. The van der Waals surface area contributed by atoms with Crippen LogP contribution in [0.4, 0.5) is 0 Å². The fraction of sp³-hybridized carbons (Fsp3) is 0.467. The third-order valence-corrected chi connectivity index (χ3v) is 3.17. The van der Waals surface area contributed by atoms with Gasteiger partial charge in [0.15, 0.2) is 0 Å². The zero-order chi connectivity index (χ0) is 10.7. The fourth-order valence-corrected chi connectivity index (χ4v) is 1.90. The zero-order valence-corrected chi connectivity index (χ0v) is 13.3. The number of rotatable bonds is 4. The molecule has 0 aliphatic heterocycles. The summed E-state index contributed by atoms with van der Waals surface area (Å²) >= 11 is 0. The fourth-order valence-electron chi connectivity index (χ4n) is 1.90. The van der Waals surface area contributed by atoms with Crippen molar-refractivity contribution < 1.29 is 19.5 Å². The maximum Gasteiger partial charge on any atom is 0 e. The summed E-state index contributed by atoms with van der Waals surface area (Å²) in [6, 6.07) is 10.8. The molecule has 1 aromatic carbocycles. The van der Waals surface area contributed by atoms with E-state index in [2.05, 4.69) is 50.3 Å². The minimum Gasteiger partial charge on any atom is -0.494 e. The Bertz CT molecular complexity index is 340. The van der Waals surface area contributed by atoms with Gasteiger partial charge in [-0.15, -0.1) is 0 Å². The van der Waals surface area contributed by atoms with Crippen LogP contribution in [0.5, 0.6) is 0 Å². The summed E-state index contributed by atoms with van der Waals surface area (Å²) in [4.78, 5) is 0. The predicted octanol–water partition coefficient (Wildman–Crippen LogP) is 4.02. The van der Waals surface area contributed by atoms with Gasteiger partial charge in [-0.25, -0.2) is 0 Å². The molecule has 1 heteroatoms. The SMILES string of the molecule is CCC(C)[C-]=C1CC1Cc1ccccc1.[Zn]. The molecule has 2 unspecified atom stereocenters.